The third-order valence-electron chi connectivity index (χ3n) is 3.04. The van der Waals surface area contributed by atoms with Crippen molar-refractivity contribution in [3.8, 4) is 0 Å². The monoisotopic (exact) mass is 208 g/mol. The summed E-state index contributed by atoms with van der Waals surface area (Å²) in [5.41, 5.74) is 0. The lowest BCUT2D eigenvalue weighted by Crippen LogP contribution is -2.27. The second-order valence-corrected chi connectivity index (χ2v) is 4.40. The molecule has 1 aliphatic rings. The summed E-state index contributed by atoms with van der Waals surface area (Å²) in [7, 11) is 0. The van der Waals surface area contributed by atoms with Crippen molar-refractivity contribution in [2.75, 3.05) is 6.54 Å². The molecule has 15 heavy (non-hydrogen) atoms. The Balaban J connectivity index is 1.80. The Kier molecular flexibility index (Phi) is 3.36. The summed E-state index contributed by atoms with van der Waals surface area (Å²) in [6, 6.07) is 1.29. The van der Waals surface area contributed by atoms with Gasteiger partial charge >= 0.3 is 0 Å². The second kappa shape index (κ2) is 4.75. The van der Waals surface area contributed by atoms with Crippen molar-refractivity contribution in [1.29, 1.82) is 0 Å². The molecule has 0 bridgehead atoms. The summed E-state index contributed by atoms with van der Waals surface area (Å²) < 4.78 is 2.23. The summed E-state index contributed by atoms with van der Waals surface area (Å²) >= 11 is 0. The summed E-state index contributed by atoms with van der Waals surface area (Å²) in [6.07, 6.45) is 6.63. The minimum atomic E-state index is 0.599. The molecular formula is C11H20N4. The Labute approximate surface area is 91.1 Å². The van der Waals surface area contributed by atoms with Crippen LogP contribution in [0.4, 0.5) is 0 Å². The van der Waals surface area contributed by atoms with E-state index in [9.17, 15) is 0 Å². The minimum Gasteiger partial charge on any atom is -0.314 e. The summed E-state index contributed by atoms with van der Waals surface area (Å²) in [6.45, 7) is 5.41. The fourth-order valence-electron chi connectivity index (χ4n) is 1.68. The van der Waals surface area contributed by atoms with E-state index < -0.39 is 0 Å². The summed E-state index contributed by atoms with van der Waals surface area (Å²) in [5, 5.41) is 11.6. The van der Waals surface area contributed by atoms with E-state index in [0.29, 0.717) is 12.1 Å². The van der Waals surface area contributed by atoms with Gasteiger partial charge in [-0.05, 0) is 26.2 Å². The molecule has 1 aromatic rings. The molecule has 84 valence electrons. The first-order valence-electron chi connectivity index (χ1n) is 5.93. The largest absolute Gasteiger partial charge is 0.314 e. The molecule has 1 atom stereocenters. The van der Waals surface area contributed by atoms with Gasteiger partial charge < -0.3 is 9.88 Å². The van der Waals surface area contributed by atoms with E-state index in [4.69, 9.17) is 0 Å². The van der Waals surface area contributed by atoms with Crippen molar-refractivity contribution < 1.29 is 0 Å². The highest BCUT2D eigenvalue weighted by molar-refractivity contribution is 4.95. The predicted octanol–water partition coefficient (Wildman–Crippen LogP) is 1.54. The second-order valence-electron chi connectivity index (χ2n) is 4.40. The van der Waals surface area contributed by atoms with Crippen LogP contribution in [0.1, 0.15) is 45.0 Å². The SMILES string of the molecule is CCC(C)NCCc1nncn1C1CC1. The number of rotatable bonds is 6. The standard InChI is InChI=1S/C11H20N4/c1-3-9(2)12-7-6-11-14-13-8-15(11)10-4-5-10/h8-10,12H,3-7H2,1-2H3. The Bertz CT molecular complexity index is 303. The molecule has 4 heteroatoms. The smallest absolute Gasteiger partial charge is 0.134 e. The molecule has 1 N–H and O–H groups in total. The first kappa shape index (κ1) is 10.6. The van der Waals surface area contributed by atoms with Crippen LogP contribution in [0, 0.1) is 0 Å². The third kappa shape index (κ3) is 2.78. The van der Waals surface area contributed by atoms with Gasteiger partial charge in [0.2, 0.25) is 0 Å². The van der Waals surface area contributed by atoms with Crippen molar-refractivity contribution in [1.82, 2.24) is 20.1 Å². The quantitative estimate of drug-likeness (QED) is 0.771. The van der Waals surface area contributed by atoms with Crippen molar-refractivity contribution in [2.24, 2.45) is 0 Å². The number of hydrogen-bond donors (Lipinski definition) is 1. The molecule has 0 aliphatic heterocycles. The normalized spacial score (nSPS) is 18.0. The number of nitrogens with one attached hydrogen (secondary N) is 1. The zero-order valence-corrected chi connectivity index (χ0v) is 9.61. The van der Waals surface area contributed by atoms with Crippen LogP contribution >= 0.6 is 0 Å². The molecule has 0 saturated heterocycles. The molecule has 4 nitrogen and oxygen atoms in total. The van der Waals surface area contributed by atoms with Crippen LogP contribution in [-0.4, -0.2) is 27.4 Å². The van der Waals surface area contributed by atoms with E-state index >= 15 is 0 Å². The lowest BCUT2D eigenvalue weighted by molar-refractivity contribution is 0.525. The highest BCUT2D eigenvalue weighted by Gasteiger charge is 2.25. The van der Waals surface area contributed by atoms with Gasteiger partial charge in [0.15, 0.2) is 0 Å². The number of nitrogens with zero attached hydrogens (tertiary/aromatic N) is 3. The van der Waals surface area contributed by atoms with E-state index in [1.54, 1.807) is 0 Å². The third-order valence-corrected chi connectivity index (χ3v) is 3.04. The van der Waals surface area contributed by atoms with Crippen molar-refractivity contribution in [3.63, 3.8) is 0 Å². The number of aromatic nitrogens is 3. The lowest BCUT2D eigenvalue weighted by atomic mass is 10.2. The molecule has 1 aliphatic carbocycles. The molecule has 0 spiro atoms. The van der Waals surface area contributed by atoms with E-state index in [1.165, 1.54) is 19.3 Å². The molecule has 0 amide bonds. The topological polar surface area (TPSA) is 42.7 Å². The van der Waals surface area contributed by atoms with Crippen LogP contribution in [-0.2, 0) is 6.42 Å². The average Bonchev–Trinajstić information content (AvgIpc) is 2.99. The van der Waals surface area contributed by atoms with Gasteiger partial charge in [0.25, 0.3) is 0 Å². The minimum absolute atomic E-state index is 0.599. The summed E-state index contributed by atoms with van der Waals surface area (Å²) in [4.78, 5) is 0. The Morgan fingerprint density at radius 3 is 3.07 bits per heavy atom. The van der Waals surface area contributed by atoms with Crippen LogP contribution in [0.3, 0.4) is 0 Å². The highest BCUT2D eigenvalue weighted by atomic mass is 15.3. The molecule has 1 aromatic heterocycles. The summed E-state index contributed by atoms with van der Waals surface area (Å²) in [5.74, 6) is 1.13. The van der Waals surface area contributed by atoms with Gasteiger partial charge in [0, 0.05) is 25.0 Å². The Hall–Kier alpha value is -0.900. The molecule has 0 aromatic carbocycles. The van der Waals surface area contributed by atoms with Crippen molar-refractivity contribution in [2.45, 2.75) is 51.6 Å². The number of hydrogen-bond acceptors (Lipinski definition) is 3. The van der Waals surface area contributed by atoms with Crippen molar-refractivity contribution >= 4 is 0 Å². The maximum Gasteiger partial charge on any atom is 0.134 e. The lowest BCUT2D eigenvalue weighted by Gasteiger charge is -2.10. The Morgan fingerprint density at radius 2 is 2.40 bits per heavy atom. The van der Waals surface area contributed by atoms with Gasteiger partial charge in [-0.2, -0.15) is 0 Å². The molecule has 0 radical (unpaired) electrons. The van der Waals surface area contributed by atoms with Gasteiger partial charge in [0.1, 0.15) is 12.2 Å². The van der Waals surface area contributed by atoms with E-state index in [0.717, 1.165) is 18.8 Å². The van der Waals surface area contributed by atoms with E-state index in [1.807, 2.05) is 6.33 Å². The molecular weight excluding hydrogens is 188 g/mol. The maximum atomic E-state index is 4.17. The van der Waals surface area contributed by atoms with Gasteiger partial charge in [0.05, 0.1) is 0 Å². The predicted molar refractivity (Wildman–Crippen MR) is 59.8 cm³/mol. The zero-order chi connectivity index (χ0) is 10.7. The molecule has 1 fully saturated rings. The molecule has 2 rings (SSSR count). The van der Waals surface area contributed by atoms with Crippen LogP contribution in [0.5, 0.6) is 0 Å². The molecule has 1 saturated carbocycles. The van der Waals surface area contributed by atoms with Crippen LogP contribution in [0.2, 0.25) is 0 Å². The molecule has 1 heterocycles. The van der Waals surface area contributed by atoms with Gasteiger partial charge in [-0.3, -0.25) is 0 Å². The van der Waals surface area contributed by atoms with Gasteiger partial charge in [-0.1, -0.05) is 6.92 Å². The first-order valence-corrected chi connectivity index (χ1v) is 5.93. The fourth-order valence-corrected chi connectivity index (χ4v) is 1.68. The van der Waals surface area contributed by atoms with Crippen LogP contribution in [0.25, 0.3) is 0 Å². The van der Waals surface area contributed by atoms with Crippen LogP contribution in [0.15, 0.2) is 6.33 Å². The highest BCUT2D eigenvalue weighted by Crippen LogP contribution is 2.35. The maximum absolute atomic E-state index is 4.17. The van der Waals surface area contributed by atoms with E-state index in [2.05, 4.69) is 33.9 Å². The van der Waals surface area contributed by atoms with Crippen molar-refractivity contribution in [3.05, 3.63) is 12.2 Å². The van der Waals surface area contributed by atoms with Crippen LogP contribution < -0.4 is 5.32 Å². The average molecular weight is 208 g/mol. The Morgan fingerprint density at radius 1 is 1.60 bits per heavy atom. The first-order chi connectivity index (χ1) is 7.31. The molecule has 1 unspecified atom stereocenters. The fraction of sp³-hybridized carbons (Fsp3) is 0.818. The van der Waals surface area contributed by atoms with Gasteiger partial charge in [-0.25, -0.2) is 0 Å². The van der Waals surface area contributed by atoms with Gasteiger partial charge in [-0.15, -0.1) is 10.2 Å². The van der Waals surface area contributed by atoms with E-state index in [-0.39, 0.29) is 0 Å². The zero-order valence-electron chi connectivity index (χ0n) is 9.61.